The van der Waals surface area contributed by atoms with Crippen LogP contribution in [-0.4, -0.2) is 69.8 Å². The van der Waals surface area contributed by atoms with Gasteiger partial charge in [-0.1, -0.05) is 6.42 Å². The van der Waals surface area contributed by atoms with Crippen LogP contribution in [0.3, 0.4) is 0 Å². The van der Waals surface area contributed by atoms with Gasteiger partial charge in [-0.3, -0.25) is 14.4 Å². The van der Waals surface area contributed by atoms with E-state index < -0.39 is 54.3 Å². The molecule has 12 nitrogen and oxygen atoms in total. The minimum absolute atomic E-state index is 0.0153. The molecule has 1 fully saturated rings. The summed E-state index contributed by atoms with van der Waals surface area (Å²) < 4.78 is 15.7. The normalized spacial score (nSPS) is 25.5. The summed E-state index contributed by atoms with van der Waals surface area (Å²) in [4.78, 5) is 46.4. The van der Waals surface area contributed by atoms with E-state index in [4.69, 9.17) is 19.0 Å². The van der Waals surface area contributed by atoms with E-state index >= 15 is 0 Å². The molecule has 0 saturated carbocycles. The van der Waals surface area contributed by atoms with E-state index in [1.807, 2.05) is 0 Å². The Morgan fingerprint density at radius 2 is 1.94 bits per heavy atom. The smallest absolute Gasteiger partial charge is 0.364 e. The van der Waals surface area contributed by atoms with Crippen molar-refractivity contribution in [2.45, 2.75) is 63.2 Å². The number of aliphatic hydroxyl groups is 1. The Morgan fingerprint density at radius 3 is 2.52 bits per heavy atom. The maximum atomic E-state index is 12.4. The third-order valence-electron chi connectivity index (χ3n) is 4.67. The van der Waals surface area contributed by atoms with Crippen LogP contribution in [0.15, 0.2) is 22.8 Å². The molecule has 1 aliphatic heterocycles. The molecule has 1 aromatic rings. The zero-order valence-corrected chi connectivity index (χ0v) is 16.9. The summed E-state index contributed by atoms with van der Waals surface area (Å²) in [5.74, 6) is -5.96. The highest BCUT2D eigenvalue weighted by Crippen LogP contribution is 2.31. The molecular weight excluding hydrogens is 416 g/mol. The van der Waals surface area contributed by atoms with Gasteiger partial charge < -0.3 is 39.8 Å². The van der Waals surface area contributed by atoms with Gasteiger partial charge in [0.2, 0.25) is 5.91 Å². The van der Waals surface area contributed by atoms with Crippen LogP contribution in [0.2, 0.25) is 0 Å². The lowest BCUT2D eigenvalue weighted by molar-refractivity contribution is -0.322. The molecule has 2 heterocycles. The second-order valence-corrected chi connectivity index (χ2v) is 7.11. The number of hydrogen-bond acceptors (Lipinski definition) is 8. The molecular formula is C19H26N2O10. The summed E-state index contributed by atoms with van der Waals surface area (Å²) in [5, 5.41) is 33.8. The number of furan rings is 1. The van der Waals surface area contributed by atoms with E-state index in [1.165, 1.54) is 25.3 Å². The standard InChI is InChI=1S/C19H26N2O10/c1-11(22)20-15-12(21-16(25)13-6-5-8-29-13)10-19(18(27)28,31-17(15)26)30-9-4-2-3-7-14(23)24/h5-6,8,12,15,17,26H,2-4,7,9-10H2,1H3,(H,20,22)(H,21,25)(H,23,24)(H,27,28)/t12-,15+,17+,19+/m0/s1. The van der Waals surface area contributed by atoms with Gasteiger partial charge in [-0.25, -0.2) is 4.79 Å². The van der Waals surface area contributed by atoms with Crippen molar-refractivity contribution in [3.63, 3.8) is 0 Å². The number of aliphatic hydroxyl groups excluding tert-OH is 1. The van der Waals surface area contributed by atoms with Crippen molar-refractivity contribution in [3.8, 4) is 0 Å². The minimum Gasteiger partial charge on any atom is -0.481 e. The first-order chi connectivity index (χ1) is 14.6. The van der Waals surface area contributed by atoms with Crippen LogP contribution in [0.1, 0.15) is 49.6 Å². The molecule has 172 valence electrons. The molecule has 0 radical (unpaired) electrons. The van der Waals surface area contributed by atoms with Crippen LogP contribution >= 0.6 is 0 Å². The third-order valence-corrected chi connectivity index (χ3v) is 4.67. The lowest BCUT2D eigenvalue weighted by atomic mass is 9.94. The summed E-state index contributed by atoms with van der Waals surface area (Å²) in [6.45, 7) is 1.12. The first kappa shape index (κ1) is 24.3. The average molecular weight is 442 g/mol. The fraction of sp³-hybridized carbons (Fsp3) is 0.579. The third kappa shape index (κ3) is 6.77. The van der Waals surface area contributed by atoms with Gasteiger partial charge in [0.25, 0.3) is 11.7 Å². The number of unbranched alkanes of at least 4 members (excludes halogenated alkanes) is 2. The monoisotopic (exact) mass is 442 g/mol. The summed E-state index contributed by atoms with van der Waals surface area (Å²) in [6.07, 6.45) is 0.313. The summed E-state index contributed by atoms with van der Waals surface area (Å²) in [6, 6.07) is 0.696. The highest BCUT2D eigenvalue weighted by atomic mass is 16.8. The van der Waals surface area contributed by atoms with E-state index in [2.05, 4.69) is 10.6 Å². The number of hydrogen-bond donors (Lipinski definition) is 5. The Hall–Kier alpha value is -2.96. The zero-order valence-electron chi connectivity index (χ0n) is 16.9. The first-order valence-corrected chi connectivity index (χ1v) is 9.71. The fourth-order valence-electron chi connectivity index (χ4n) is 3.21. The maximum absolute atomic E-state index is 12.4. The Balaban J connectivity index is 2.11. The topological polar surface area (TPSA) is 185 Å². The van der Waals surface area contributed by atoms with E-state index in [-0.39, 0.29) is 18.8 Å². The first-order valence-electron chi connectivity index (χ1n) is 9.71. The zero-order chi connectivity index (χ0) is 23.0. The number of carboxylic acid groups (broad SMARTS) is 2. The molecule has 12 heteroatoms. The molecule has 0 aliphatic carbocycles. The Kier molecular flexibility index (Phi) is 8.54. The highest BCUT2D eigenvalue weighted by molar-refractivity contribution is 5.91. The average Bonchev–Trinajstić information content (AvgIpc) is 3.21. The van der Waals surface area contributed by atoms with Crippen molar-refractivity contribution in [1.29, 1.82) is 0 Å². The van der Waals surface area contributed by atoms with Crippen molar-refractivity contribution in [3.05, 3.63) is 24.2 Å². The van der Waals surface area contributed by atoms with Crippen LogP contribution in [0.5, 0.6) is 0 Å². The summed E-state index contributed by atoms with van der Waals surface area (Å²) >= 11 is 0. The number of aliphatic carboxylic acids is 2. The molecule has 0 spiro atoms. The van der Waals surface area contributed by atoms with Gasteiger partial charge in [-0.2, -0.15) is 0 Å². The van der Waals surface area contributed by atoms with Crippen molar-refractivity contribution < 1.29 is 48.4 Å². The Bertz CT molecular complexity index is 781. The van der Waals surface area contributed by atoms with Gasteiger partial charge in [0, 0.05) is 19.8 Å². The molecule has 31 heavy (non-hydrogen) atoms. The van der Waals surface area contributed by atoms with E-state index in [0.717, 1.165) is 0 Å². The number of rotatable bonds is 11. The van der Waals surface area contributed by atoms with Crippen LogP contribution in [-0.2, 0) is 23.9 Å². The van der Waals surface area contributed by atoms with E-state index in [1.54, 1.807) is 0 Å². The van der Waals surface area contributed by atoms with Gasteiger partial charge in [-0.15, -0.1) is 0 Å². The number of amides is 2. The van der Waals surface area contributed by atoms with Gasteiger partial charge in [0.15, 0.2) is 12.1 Å². The SMILES string of the molecule is CC(=O)N[C@@H]1[C@@H](NC(=O)c2ccco2)C[C@](OCCCCCC(=O)O)(C(=O)O)O[C@H]1O. The van der Waals surface area contributed by atoms with Crippen molar-refractivity contribution in [1.82, 2.24) is 10.6 Å². The van der Waals surface area contributed by atoms with Crippen molar-refractivity contribution in [2.75, 3.05) is 6.61 Å². The lowest BCUT2D eigenvalue weighted by Gasteiger charge is -2.44. The molecule has 1 saturated heterocycles. The number of nitrogens with one attached hydrogen (secondary N) is 2. The molecule has 0 aromatic carbocycles. The van der Waals surface area contributed by atoms with Gasteiger partial charge in [0.1, 0.15) is 6.04 Å². The molecule has 2 rings (SSSR count). The lowest BCUT2D eigenvalue weighted by Crippen LogP contribution is -2.67. The largest absolute Gasteiger partial charge is 0.481 e. The Labute approximate surface area is 177 Å². The van der Waals surface area contributed by atoms with Crippen molar-refractivity contribution in [2.24, 2.45) is 0 Å². The molecule has 2 amide bonds. The van der Waals surface area contributed by atoms with Gasteiger partial charge in [0.05, 0.1) is 18.9 Å². The molecule has 4 atom stereocenters. The van der Waals surface area contributed by atoms with Crippen LogP contribution in [0.25, 0.3) is 0 Å². The second kappa shape index (κ2) is 10.9. The predicted octanol–water partition coefficient (Wildman–Crippen LogP) is 0.0639. The van der Waals surface area contributed by atoms with Crippen molar-refractivity contribution >= 4 is 23.8 Å². The molecule has 5 N–H and O–H groups in total. The number of carboxylic acids is 2. The number of ether oxygens (including phenoxy) is 2. The van der Waals surface area contributed by atoms with E-state index in [0.29, 0.717) is 19.3 Å². The van der Waals surface area contributed by atoms with Gasteiger partial charge in [-0.05, 0) is 25.0 Å². The minimum atomic E-state index is -2.28. The molecule has 0 bridgehead atoms. The quantitative estimate of drug-likeness (QED) is 0.294. The number of carbonyl (C=O) groups excluding carboxylic acids is 2. The van der Waals surface area contributed by atoms with Crippen LogP contribution < -0.4 is 10.6 Å². The summed E-state index contributed by atoms with van der Waals surface area (Å²) in [5.41, 5.74) is 0. The van der Waals surface area contributed by atoms with Gasteiger partial charge >= 0.3 is 11.9 Å². The maximum Gasteiger partial charge on any atom is 0.364 e. The second-order valence-electron chi connectivity index (χ2n) is 7.11. The van der Waals surface area contributed by atoms with Crippen LogP contribution in [0.4, 0.5) is 0 Å². The summed E-state index contributed by atoms with van der Waals surface area (Å²) in [7, 11) is 0. The molecule has 1 aliphatic rings. The number of carbonyl (C=O) groups is 4. The Morgan fingerprint density at radius 1 is 1.19 bits per heavy atom. The predicted molar refractivity (Wildman–Crippen MR) is 102 cm³/mol. The fourth-order valence-corrected chi connectivity index (χ4v) is 3.21. The highest BCUT2D eigenvalue weighted by Gasteiger charge is 2.53. The molecule has 0 unspecified atom stereocenters. The van der Waals surface area contributed by atoms with Crippen LogP contribution in [0, 0.1) is 0 Å². The van der Waals surface area contributed by atoms with E-state index in [9.17, 15) is 29.4 Å². The molecule has 1 aromatic heterocycles.